The summed E-state index contributed by atoms with van der Waals surface area (Å²) < 4.78 is 26.2. The monoisotopic (exact) mass is 480 g/mol. The molecule has 1 saturated carbocycles. The Hall–Kier alpha value is -0.870. The average molecular weight is 480 g/mol. The van der Waals surface area contributed by atoms with Crippen LogP contribution in [0.5, 0.6) is 0 Å². The summed E-state index contributed by atoms with van der Waals surface area (Å²) in [5.41, 5.74) is 1.01. The van der Waals surface area contributed by atoms with Crippen molar-refractivity contribution in [1.82, 2.24) is 14.9 Å². The molecule has 8 heteroatoms. The van der Waals surface area contributed by atoms with Crippen LogP contribution in [-0.4, -0.2) is 45.4 Å². The molecule has 142 valence electrons. The first kappa shape index (κ1) is 22.2. The first-order chi connectivity index (χ1) is 11.3. The summed E-state index contributed by atoms with van der Waals surface area (Å²) in [6.45, 7) is 5.27. The predicted molar refractivity (Wildman–Crippen MR) is 113 cm³/mol. The largest absolute Gasteiger partial charge is 0.356 e. The van der Waals surface area contributed by atoms with Crippen LogP contribution in [0.3, 0.4) is 0 Å². The molecule has 0 spiro atoms. The van der Waals surface area contributed by atoms with E-state index in [1.807, 2.05) is 26.0 Å². The number of sulfonamides is 1. The Morgan fingerprint density at radius 1 is 1.24 bits per heavy atom. The zero-order valence-electron chi connectivity index (χ0n) is 15.3. The molecule has 0 bridgehead atoms. The lowest BCUT2D eigenvalue weighted by atomic mass is 10.2. The van der Waals surface area contributed by atoms with Gasteiger partial charge in [0.2, 0.25) is 10.0 Å². The van der Waals surface area contributed by atoms with Gasteiger partial charge in [-0.3, -0.25) is 4.99 Å². The molecular weight excluding hydrogens is 451 g/mol. The van der Waals surface area contributed by atoms with E-state index < -0.39 is 10.0 Å². The van der Waals surface area contributed by atoms with Crippen molar-refractivity contribution >= 4 is 40.0 Å². The molecule has 1 aliphatic rings. The number of nitrogens with zero attached hydrogens (tertiary/aromatic N) is 2. The third-order valence-electron chi connectivity index (χ3n) is 4.27. The van der Waals surface area contributed by atoms with E-state index >= 15 is 0 Å². The lowest BCUT2D eigenvalue weighted by molar-refractivity contribution is 0.410. The van der Waals surface area contributed by atoms with Crippen molar-refractivity contribution in [3.05, 3.63) is 29.8 Å². The van der Waals surface area contributed by atoms with Gasteiger partial charge in [0.05, 0.1) is 4.90 Å². The van der Waals surface area contributed by atoms with Crippen LogP contribution < -0.4 is 10.6 Å². The van der Waals surface area contributed by atoms with Gasteiger partial charge in [-0.15, -0.1) is 24.0 Å². The topological polar surface area (TPSA) is 73.8 Å². The molecule has 25 heavy (non-hydrogen) atoms. The number of halogens is 1. The summed E-state index contributed by atoms with van der Waals surface area (Å²) in [5, 5.41) is 6.55. The molecular formula is C17H29IN4O2S. The Morgan fingerprint density at radius 3 is 2.32 bits per heavy atom. The van der Waals surface area contributed by atoms with Crippen LogP contribution in [0.25, 0.3) is 0 Å². The molecule has 6 nitrogen and oxygen atoms in total. The Morgan fingerprint density at radius 2 is 1.84 bits per heavy atom. The zero-order valence-corrected chi connectivity index (χ0v) is 18.5. The molecule has 0 atom stereocenters. The summed E-state index contributed by atoms with van der Waals surface area (Å²) in [6.07, 6.45) is 2.59. The molecule has 1 aromatic carbocycles. The molecule has 2 N–H and O–H groups in total. The van der Waals surface area contributed by atoms with Gasteiger partial charge in [-0.1, -0.05) is 12.1 Å². The maximum absolute atomic E-state index is 12.4. The molecule has 0 radical (unpaired) electrons. The fourth-order valence-electron chi connectivity index (χ4n) is 2.19. The minimum Gasteiger partial charge on any atom is -0.356 e. The highest BCUT2D eigenvalue weighted by Crippen LogP contribution is 2.27. The van der Waals surface area contributed by atoms with Crippen molar-refractivity contribution < 1.29 is 8.42 Å². The lowest BCUT2D eigenvalue weighted by Gasteiger charge is -2.21. The summed E-state index contributed by atoms with van der Waals surface area (Å²) in [6, 6.07) is 6.92. The Kier molecular flexibility index (Phi) is 8.62. The Balaban J connectivity index is 0.00000312. The number of hydrogen-bond acceptors (Lipinski definition) is 3. The van der Waals surface area contributed by atoms with Gasteiger partial charge < -0.3 is 10.6 Å². The first-order valence-electron chi connectivity index (χ1n) is 8.36. The van der Waals surface area contributed by atoms with Crippen molar-refractivity contribution in [3.8, 4) is 0 Å². The van der Waals surface area contributed by atoms with Crippen molar-refractivity contribution in [3.63, 3.8) is 0 Å². The van der Waals surface area contributed by atoms with E-state index in [9.17, 15) is 8.42 Å². The fraction of sp³-hybridized carbons (Fsp3) is 0.588. The highest BCUT2D eigenvalue weighted by atomic mass is 127. The second kappa shape index (κ2) is 9.72. The molecule has 0 aromatic heterocycles. The van der Waals surface area contributed by atoms with E-state index in [1.54, 1.807) is 26.2 Å². The fourth-order valence-corrected chi connectivity index (χ4v) is 3.56. The normalized spacial score (nSPS) is 15.2. The number of benzene rings is 1. The minimum absolute atomic E-state index is 0. The van der Waals surface area contributed by atoms with E-state index in [4.69, 9.17) is 0 Å². The number of rotatable bonds is 7. The van der Waals surface area contributed by atoms with Crippen LogP contribution in [0.2, 0.25) is 0 Å². The molecule has 1 aromatic rings. The van der Waals surface area contributed by atoms with Crippen LogP contribution in [-0.2, 0) is 16.6 Å². The predicted octanol–water partition coefficient (Wildman–Crippen LogP) is 2.41. The number of hydrogen-bond donors (Lipinski definition) is 2. The van der Waals surface area contributed by atoms with Gasteiger partial charge >= 0.3 is 0 Å². The lowest BCUT2D eigenvalue weighted by Crippen LogP contribution is -2.37. The average Bonchev–Trinajstić information content (AvgIpc) is 3.39. The van der Waals surface area contributed by atoms with Crippen LogP contribution in [0.15, 0.2) is 34.2 Å². The molecule has 1 fully saturated rings. The maximum atomic E-state index is 12.4. The number of guanidine groups is 1. The zero-order chi connectivity index (χ0) is 17.7. The maximum Gasteiger partial charge on any atom is 0.243 e. The molecule has 0 amide bonds. The van der Waals surface area contributed by atoms with Gasteiger partial charge in [-0.2, -0.15) is 4.31 Å². The Labute approximate surface area is 168 Å². The van der Waals surface area contributed by atoms with Crippen molar-refractivity contribution in [2.45, 2.75) is 44.2 Å². The van der Waals surface area contributed by atoms with Gasteiger partial charge in [0.1, 0.15) is 0 Å². The SMILES string of the molecule is CN=C(NCc1ccc(S(=O)(=O)N(C)C(C)C)cc1)NCC1CC1.I. The standard InChI is InChI=1S/C17H28N4O2S.HI/c1-13(2)21(4)24(22,23)16-9-7-15(8-10-16)12-20-17(18-3)19-11-14-5-6-14;/h7-10,13-14H,5-6,11-12H2,1-4H3,(H2,18,19,20);1H. The second-order valence-electron chi connectivity index (χ2n) is 6.51. The quantitative estimate of drug-likeness (QED) is 0.357. The first-order valence-corrected chi connectivity index (χ1v) is 9.80. The van der Waals surface area contributed by atoms with Crippen molar-refractivity contribution in [1.29, 1.82) is 0 Å². The summed E-state index contributed by atoms with van der Waals surface area (Å²) in [4.78, 5) is 4.51. The van der Waals surface area contributed by atoms with Crippen LogP contribution in [0.4, 0.5) is 0 Å². The van der Waals surface area contributed by atoms with Crippen molar-refractivity contribution in [2.75, 3.05) is 20.6 Å². The van der Waals surface area contributed by atoms with E-state index in [0.717, 1.165) is 24.0 Å². The summed E-state index contributed by atoms with van der Waals surface area (Å²) in [7, 11) is -0.0735. The summed E-state index contributed by atoms with van der Waals surface area (Å²) in [5.74, 6) is 1.56. The van der Waals surface area contributed by atoms with E-state index in [2.05, 4.69) is 15.6 Å². The third-order valence-corrected chi connectivity index (χ3v) is 6.31. The molecule has 0 aliphatic heterocycles. The highest BCUT2D eigenvalue weighted by molar-refractivity contribution is 14.0. The number of nitrogens with one attached hydrogen (secondary N) is 2. The van der Waals surface area contributed by atoms with Gasteiger partial charge in [-0.25, -0.2) is 8.42 Å². The number of aliphatic imine (C=N–C) groups is 1. The Bertz CT molecular complexity index is 670. The smallest absolute Gasteiger partial charge is 0.243 e. The van der Waals surface area contributed by atoms with E-state index in [1.165, 1.54) is 17.1 Å². The van der Waals surface area contributed by atoms with Gasteiger partial charge in [0, 0.05) is 33.2 Å². The van der Waals surface area contributed by atoms with Crippen LogP contribution in [0.1, 0.15) is 32.3 Å². The highest BCUT2D eigenvalue weighted by Gasteiger charge is 2.23. The minimum atomic E-state index is -3.43. The molecule has 0 heterocycles. The van der Waals surface area contributed by atoms with E-state index in [-0.39, 0.29) is 30.0 Å². The van der Waals surface area contributed by atoms with E-state index in [0.29, 0.717) is 11.4 Å². The summed E-state index contributed by atoms with van der Waals surface area (Å²) >= 11 is 0. The van der Waals surface area contributed by atoms with Crippen LogP contribution in [0, 0.1) is 5.92 Å². The van der Waals surface area contributed by atoms with Crippen LogP contribution >= 0.6 is 24.0 Å². The third kappa shape index (κ3) is 6.41. The molecule has 0 saturated heterocycles. The van der Waals surface area contributed by atoms with Gasteiger partial charge in [-0.05, 0) is 50.3 Å². The van der Waals surface area contributed by atoms with Crippen molar-refractivity contribution in [2.24, 2.45) is 10.9 Å². The molecule has 0 unspecified atom stereocenters. The molecule has 2 rings (SSSR count). The van der Waals surface area contributed by atoms with Gasteiger partial charge in [0.15, 0.2) is 5.96 Å². The van der Waals surface area contributed by atoms with Gasteiger partial charge in [0.25, 0.3) is 0 Å². The second-order valence-corrected chi connectivity index (χ2v) is 8.51. The molecule has 1 aliphatic carbocycles.